The molecule has 3 heteroatoms. The van der Waals surface area contributed by atoms with Gasteiger partial charge in [0, 0.05) is 5.56 Å². The molecule has 1 atom stereocenters. The van der Waals surface area contributed by atoms with E-state index < -0.39 is 0 Å². The van der Waals surface area contributed by atoms with Gasteiger partial charge in [0.2, 0.25) is 0 Å². The highest BCUT2D eigenvalue weighted by molar-refractivity contribution is 5.71. The predicted molar refractivity (Wildman–Crippen MR) is 81.0 cm³/mol. The van der Waals surface area contributed by atoms with Crippen LogP contribution in [0.15, 0.2) is 48.5 Å². The zero-order valence-electron chi connectivity index (χ0n) is 11.6. The van der Waals surface area contributed by atoms with Crippen LogP contribution in [0.25, 0.3) is 5.70 Å². The first kappa shape index (κ1) is 12.8. The van der Waals surface area contributed by atoms with Crippen molar-refractivity contribution in [3.63, 3.8) is 0 Å². The first-order chi connectivity index (χ1) is 9.63. The number of benzene rings is 2. The summed E-state index contributed by atoms with van der Waals surface area (Å²) in [7, 11) is 0. The van der Waals surface area contributed by atoms with Crippen LogP contribution in [0, 0.1) is 13.8 Å². The van der Waals surface area contributed by atoms with Crippen molar-refractivity contribution in [2.24, 2.45) is 0 Å². The van der Waals surface area contributed by atoms with Gasteiger partial charge in [-0.1, -0.05) is 41.5 Å². The molecule has 3 rings (SSSR count). The minimum absolute atomic E-state index is 0.116. The van der Waals surface area contributed by atoms with Gasteiger partial charge in [0.05, 0.1) is 11.7 Å². The minimum Gasteiger partial charge on any atom is -0.507 e. The fourth-order valence-electron chi connectivity index (χ4n) is 2.38. The van der Waals surface area contributed by atoms with Crippen molar-refractivity contribution in [1.82, 2.24) is 10.9 Å². The van der Waals surface area contributed by atoms with E-state index in [1.165, 1.54) is 11.1 Å². The van der Waals surface area contributed by atoms with Gasteiger partial charge in [0.25, 0.3) is 0 Å². The molecule has 1 unspecified atom stereocenters. The number of hydrogen-bond donors (Lipinski definition) is 3. The third-order valence-corrected chi connectivity index (χ3v) is 3.57. The number of rotatable bonds is 2. The van der Waals surface area contributed by atoms with E-state index in [2.05, 4.69) is 48.1 Å². The van der Waals surface area contributed by atoms with E-state index in [1.54, 1.807) is 6.07 Å². The van der Waals surface area contributed by atoms with Gasteiger partial charge in [-0.3, -0.25) is 0 Å². The van der Waals surface area contributed by atoms with Crippen LogP contribution >= 0.6 is 0 Å². The summed E-state index contributed by atoms with van der Waals surface area (Å²) in [6, 6.07) is 14.2. The molecule has 0 aliphatic carbocycles. The Labute approximate surface area is 118 Å². The standard InChI is InChI=1S/C17H18N2O/c1-11-3-6-13(7-4-11)15-10-16(19-18-15)14-9-12(2)5-8-17(14)20/h3-10,15,18-20H,1-2H3. The molecular formula is C17H18N2O. The van der Waals surface area contributed by atoms with E-state index in [0.717, 1.165) is 16.8 Å². The number of aryl methyl sites for hydroxylation is 2. The maximum Gasteiger partial charge on any atom is 0.124 e. The molecule has 0 saturated heterocycles. The Balaban J connectivity index is 1.91. The van der Waals surface area contributed by atoms with Gasteiger partial charge < -0.3 is 10.5 Å². The molecule has 102 valence electrons. The molecule has 0 aromatic heterocycles. The lowest BCUT2D eigenvalue weighted by molar-refractivity contribution is 0.472. The molecule has 0 spiro atoms. The summed E-state index contributed by atoms with van der Waals surface area (Å²) in [6.45, 7) is 4.10. The zero-order valence-corrected chi connectivity index (χ0v) is 11.6. The lowest BCUT2D eigenvalue weighted by atomic mass is 10.0. The number of hydrazine groups is 1. The number of phenolic OH excluding ortho intramolecular Hbond substituents is 1. The van der Waals surface area contributed by atoms with Crippen molar-refractivity contribution < 1.29 is 5.11 Å². The van der Waals surface area contributed by atoms with Crippen LogP contribution in [-0.2, 0) is 0 Å². The predicted octanol–water partition coefficient (Wildman–Crippen LogP) is 3.20. The molecule has 0 saturated carbocycles. The zero-order chi connectivity index (χ0) is 14.1. The summed E-state index contributed by atoms with van der Waals surface area (Å²) < 4.78 is 0. The van der Waals surface area contributed by atoms with Crippen molar-refractivity contribution in [2.45, 2.75) is 19.9 Å². The fourth-order valence-corrected chi connectivity index (χ4v) is 2.38. The smallest absolute Gasteiger partial charge is 0.124 e. The van der Waals surface area contributed by atoms with Crippen LogP contribution < -0.4 is 10.9 Å². The highest BCUT2D eigenvalue weighted by atomic mass is 16.3. The fraction of sp³-hybridized carbons (Fsp3) is 0.176. The normalized spacial score (nSPS) is 17.7. The van der Waals surface area contributed by atoms with Crippen LogP contribution in [0.1, 0.15) is 28.3 Å². The third kappa shape index (κ3) is 2.40. The summed E-state index contributed by atoms with van der Waals surface area (Å²) in [5, 5.41) is 9.98. The van der Waals surface area contributed by atoms with E-state index in [0.29, 0.717) is 5.75 Å². The lowest BCUT2D eigenvalue weighted by Gasteiger charge is -2.09. The highest BCUT2D eigenvalue weighted by Crippen LogP contribution is 2.29. The van der Waals surface area contributed by atoms with Gasteiger partial charge in [-0.05, 0) is 37.6 Å². The maximum absolute atomic E-state index is 9.98. The second-order valence-corrected chi connectivity index (χ2v) is 5.26. The van der Waals surface area contributed by atoms with E-state index in [9.17, 15) is 5.11 Å². The van der Waals surface area contributed by atoms with Gasteiger partial charge in [0.1, 0.15) is 5.75 Å². The number of aromatic hydroxyl groups is 1. The van der Waals surface area contributed by atoms with Crippen molar-refractivity contribution in [2.75, 3.05) is 0 Å². The van der Waals surface area contributed by atoms with Crippen molar-refractivity contribution in [3.05, 3.63) is 70.8 Å². The lowest BCUT2D eigenvalue weighted by Crippen LogP contribution is -2.26. The molecule has 1 aliphatic rings. The Morgan fingerprint density at radius 2 is 1.65 bits per heavy atom. The third-order valence-electron chi connectivity index (χ3n) is 3.57. The van der Waals surface area contributed by atoms with Gasteiger partial charge in [-0.25, -0.2) is 5.43 Å². The Hall–Kier alpha value is -2.26. The SMILES string of the molecule is Cc1ccc(C2C=C(c3cc(C)ccc3O)NN2)cc1. The molecule has 0 radical (unpaired) electrons. The molecule has 2 aromatic rings. The van der Waals surface area contributed by atoms with Crippen molar-refractivity contribution in [3.8, 4) is 5.75 Å². The molecule has 0 bridgehead atoms. The minimum atomic E-state index is 0.116. The van der Waals surface area contributed by atoms with E-state index in [1.807, 2.05) is 19.1 Å². The monoisotopic (exact) mass is 266 g/mol. The van der Waals surface area contributed by atoms with E-state index >= 15 is 0 Å². The van der Waals surface area contributed by atoms with Crippen LogP contribution in [0.3, 0.4) is 0 Å². The Morgan fingerprint density at radius 3 is 2.40 bits per heavy atom. The molecular weight excluding hydrogens is 248 g/mol. The molecule has 3 nitrogen and oxygen atoms in total. The average Bonchev–Trinajstić information content (AvgIpc) is 2.92. The van der Waals surface area contributed by atoms with E-state index in [4.69, 9.17) is 0 Å². The highest BCUT2D eigenvalue weighted by Gasteiger charge is 2.19. The van der Waals surface area contributed by atoms with Crippen LogP contribution in [0.2, 0.25) is 0 Å². The summed E-state index contributed by atoms with van der Waals surface area (Å²) in [5.41, 5.74) is 11.7. The van der Waals surface area contributed by atoms with Crippen molar-refractivity contribution >= 4 is 5.70 Å². The van der Waals surface area contributed by atoms with Crippen molar-refractivity contribution in [1.29, 1.82) is 0 Å². The van der Waals surface area contributed by atoms with Crippen LogP contribution in [0.4, 0.5) is 0 Å². The van der Waals surface area contributed by atoms with Gasteiger partial charge in [-0.15, -0.1) is 0 Å². The van der Waals surface area contributed by atoms with Crippen LogP contribution in [0.5, 0.6) is 5.75 Å². The molecule has 2 aromatic carbocycles. The number of hydrogen-bond acceptors (Lipinski definition) is 3. The second kappa shape index (κ2) is 5.02. The Morgan fingerprint density at radius 1 is 0.950 bits per heavy atom. The molecule has 1 aliphatic heterocycles. The average molecular weight is 266 g/mol. The molecule has 0 amide bonds. The Kier molecular flexibility index (Phi) is 3.20. The summed E-state index contributed by atoms with van der Waals surface area (Å²) in [4.78, 5) is 0. The topological polar surface area (TPSA) is 44.3 Å². The molecule has 3 N–H and O–H groups in total. The van der Waals surface area contributed by atoms with E-state index in [-0.39, 0.29) is 6.04 Å². The quantitative estimate of drug-likeness (QED) is 0.782. The molecule has 1 heterocycles. The summed E-state index contributed by atoms with van der Waals surface area (Å²) in [6.07, 6.45) is 2.10. The second-order valence-electron chi connectivity index (χ2n) is 5.26. The summed E-state index contributed by atoms with van der Waals surface area (Å²) >= 11 is 0. The number of nitrogens with one attached hydrogen (secondary N) is 2. The first-order valence-electron chi connectivity index (χ1n) is 6.73. The van der Waals surface area contributed by atoms with Crippen LogP contribution in [-0.4, -0.2) is 5.11 Å². The molecule has 20 heavy (non-hydrogen) atoms. The number of phenols is 1. The Bertz CT molecular complexity index is 659. The molecule has 0 fully saturated rings. The van der Waals surface area contributed by atoms with Gasteiger partial charge in [-0.2, -0.15) is 0 Å². The van der Waals surface area contributed by atoms with Gasteiger partial charge >= 0.3 is 0 Å². The first-order valence-corrected chi connectivity index (χ1v) is 6.73. The largest absolute Gasteiger partial charge is 0.507 e. The summed E-state index contributed by atoms with van der Waals surface area (Å²) in [5.74, 6) is 0.292. The maximum atomic E-state index is 9.98. The van der Waals surface area contributed by atoms with Gasteiger partial charge in [0.15, 0.2) is 0 Å².